The summed E-state index contributed by atoms with van der Waals surface area (Å²) in [6.45, 7) is 2.61. The summed E-state index contributed by atoms with van der Waals surface area (Å²) in [5.74, 6) is 0. The topological polar surface area (TPSA) is 30.7 Å². The number of hydrogen-bond donors (Lipinski definition) is 0. The summed E-state index contributed by atoms with van der Waals surface area (Å²) in [7, 11) is 0. The maximum absolute atomic E-state index is 6.63. The summed E-state index contributed by atoms with van der Waals surface area (Å²) in [5, 5.41) is 7.73. The van der Waals surface area contributed by atoms with Crippen LogP contribution in [0, 0.1) is 6.92 Å². The Kier molecular flexibility index (Phi) is 4.55. The van der Waals surface area contributed by atoms with Crippen molar-refractivity contribution in [3.63, 3.8) is 0 Å². The molecule has 0 amide bonds. The highest BCUT2D eigenvalue weighted by Gasteiger charge is 2.12. The van der Waals surface area contributed by atoms with E-state index in [9.17, 15) is 0 Å². The number of rotatable bonds is 4. The van der Waals surface area contributed by atoms with Gasteiger partial charge < -0.3 is 0 Å². The Morgan fingerprint density at radius 3 is 2.62 bits per heavy atom. The number of fused-ring (bicyclic) bond motifs is 1. The van der Waals surface area contributed by atoms with E-state index in [1.54, 1.807) is 6.20 Å². The molecule has 0 aliphatic carbocycles. The van der Waals surface area contributed by atoms with Crippen LogP contribution >= 0.6 is 11.6 Å². The molecule has 2 aromatic heterocycles. The van der Waals surface area contributed by atoms with E-state index in [0.717, 1.165) is 17.0 Å². The zero-order valence-corrected chi connectivity index (χ0v) is 15.2. The van der Waals surface area contributed by atoms with E-state index in [-0.39, 0.29) is 0 Å². The van der Waals surface area contributed by atoms with Crippen molar-refractivity contribution >= 4 is 34.5 Å². The number of hydrogen-bond acceptors (Lipinski definition) is 2. The van der Waals surface area contributed by atoms with Crippen molar-refractivity contribution in [2.24, 2.45) is 0 Å². The van der Waals surface area contributed by atoms with Crippen LogP contribution in [-0.2, 0) is 6.54 Å². The van der Waals surface area contributed by atoms with Crippen molar-refractivity contribution in [3.05, 3.63) is 94.5 Å². The highest BCUT2D eigenvalue weighted by atomic mass is 35.5. The summed E-state index contributed by atoms with van der Waals surface area (Å²) in [6, 6.07) is 20.5. The largest absolute Gasteiger partial charge is 0.257 e. The Labute approximate surface area is 157 Å². The summed E-state index contributed by atoms with van der Waals surface area (Å²) in [6.07, 6.45) is 5.71. The Morgan fingerprint density at radius 1 is 0.962 bits per heavy atom. The van der Waals surface area contributed by atoms with E-state index in [1.807, 2.05) is 42.0 Å². The molecule has 0 saturated carbocycles. The molecule has 2 heterocycles. The van der Waals surface area contributed by atoms with Gasteiger partial charge in [0.2, 0.25) is 0 Å². The lowest BCUT2D eigenvalue weighted by atomic mass is 10.0. The zero-order valence-electron chi connectivity index (χ0n) is 14.4. The quantitative estimate of drug-likeness (QED) is 0.474. The van der Waals surface area contributed by atoms with Gasteiger partial charge in [0.05, 0.1) is 17.9 Å². The lowest BCUT2D eigenvalue weighted by molar-refractivity contribution is 0.683. The van der Waals surface area contributed by atoms with Crippen LogP contribution in [0.25, 0.3) is 22.9 Å². The Morgan fingerprint density at radius 2 is 1.77 bits per heavy atom. The Hall–Kier alpha value is -2.91. The highest BCUT2D eigenvalue weighted by Crippen LogP contribution is 2.25. The van der Waals surface area contributed by atoms with Gasteiger partial charge in [-0.15, -0.1) is 0 Å². The molecule has 4 heteroatoms. The number of pyridine rings is 1. The highest BCUT2D eigenvalue weighted by molar-refractivity contribution is 6.31. The van der Waals surface area contributed by atoms with Gasteiger partial charge in [0.25, 0.3) is 0 Å². The monoisotopic (exact) mass is 359 g/mol. The summed E-state index contributed by atoms with van der Waals surface area (Å²) in [4.78, 5) is 4.30. The first kappa shape index (κ1) is 16.6. The molecule has 2 aromatic carbocycles. The first-order valence-corrected chi connectivity index (χ1v) is 8.89. The number of aryl methyl sites for hydroxylation is 1. The minimum absolute atomic E-state index is 0.637. The Balaban J connectivity index is 1.67. The second kappa shape index (κ2) is 7.14. The van der Waals surface area contributed by atoms with E-state index in [1.165, 1.54) is 16.3 Å². The predicted molar refractivity (Wildman–Crippen MR) is 108 cm³/mol. The molecule has 0 saturated heterocycles. The molecule has 0 bridgehead atoms. The van der Waals surface area contributed by atoms with Gasteiger partial charge in [0.15, 0.2) is 0 Å². The van der Waals surface area contributed by atoms with Crippen LogP contribution in [-0.4, -0.2) is 14.8 Å². The normalized spacial score (nSPS) is 11.5. The fraction of sp³-hybridized carbons (Fsp3) is 0.0909. The maximum Gasteiger partial charge on any atom is 0.134 e. The first-order chi connectivity index (χ1) is 12.7. The van der Waals surface area contributed by atoms with Gasteiger partial charge in [-0.3, -0.25) is 4.98 Å². The van der Waals surface area contributed by atoms with E-state index < -0.39 is 0 Å². The smallest absolute Gasteiger partial charge is 0.134 e. The third kappa shape index (κ3) is 3.26. The van der Waals surface area contributed by atoms with Crippen molar-refractivity contribution in [1.82, 2.24) is 14.8 Å². The average molecular weight is 360 g/mol. The predicted octanol–water partition coefficient (Wildman–Crippen LogP) is 5.61. The average Bonchev–Trinajstić information content (AvgIpc) is 2.94. The van der Waals surface area contributed by atoms with Crippen LogP contribution in [0.2, 0.25) is 5.15 Å². The van der Waals surface area contributed by atoms with Crippen molar-refractivity contribution in [2.75, 3.05) is 0 Å². The van der Waals surface area contributed by atoms with Crippen molar-refractivity contribution in [2.45, 2.75) is 13.5 Å². The number of aromatic nitrogens is 3. The van der Waals surface area contributed by atoms with Crippen LogP contribution in [0.15, 0.2) is 66.9 Å². The molecule has 26 heavy (non-hydrogen) atoms. The van der Waals surface area contributed by atoms with Gasteiger partial charge >= 0.3 is 0 Å². The van der Waals surface area contributed by atoms with Gasteiger partial charge in [-0.25, -0.2) is 4.68 Å². The molecule has 0 aliphatic rings. The second-order valence-corrected chi connectivity index (χ2v) is 6.53. The SMILES string of the molecule is Cc1nn(Cc2cccc3ccccc23)c(Cl)c1/C=C/c1ccccn1. The van der Waals surface area contributed by atoms with Crippen LogP contribution in [0.4, 0.5) is 0 Å². The van der Waals surface area contributed by atoms with Gasteiger partial charge in [-0.2, -0.15) is 5.10 Å². The Bertz CT molecular complexity index is 1080. The first-order valence-electron chi connectivity index (χ1n) is 8.51. The van der Waals surface area contributed by atoms with E-state index >= 15 is 0 Å². The van der Waals surface area contributed by atoms with Crippen LogP contribution in [0.3, 0.4) is 0 Å². The molecule has 0 aliphatic heterocycles. The molecule has 0 N–H and O–H groups in total. The summed E-state index contributed by atoms with van der Waals surface area (Å²) >= 11 is 6.63. The molecule has 0 fully saturated rings. The number of halogens is 1. The van der Waals surface area contributed by atoms with Crippen molar-refractivity contribution in [3.8, 4) is 0 Å². The van der Waals surface area contributed by atoms with E-state index in [4.69, 9.17) is 11.6 Å². The van der Waals surface area contributed by atoms with E-state index in [2.05, 4.69) is 52.5 Å². The number of benzene rings is 2. The molecular weight excluding hydrogens is 342 g/mol. The van der Waals surface area contributed by atoms with Crippen LogP contribution in [0.5, 0.6) is 0 Å². The van der Waals surface area contributed by atoms with Crippen molar-refractivity contribution < 1.29 is 0 Å². The molecule has 0 radical (unpaired) electrons. The van der Waals surface area contributed by atoms with Crippen molar-refractivity contribution in [1.29, 1.82) is 0 Å². The molecule has 0 unspecified atom stereocenters. The van der Waals surface area contributed by atoms with Crippen LogP contribution < -0.4 is 0 Å². The fourth-order valence-corrected chi connectivity index (χ4v) is 3.39. The molecular formula is C22H18ClN3. The summed E-state index contributed by atoms with van der Waals surface area (Å²) in [5.41, 5.74) is 3.93. The molecule has 3 nitrogen and oxygen atoms in total. The molecule has 0 atom stereocenters. The second-order valence-electron chi connectivity index (χ2n) is 6.17. The minimum Gasteiger partial charge on any atom is -0.257 e. The third-order valence-electron chi connectivity index (χ3n) is 4.42. The maximum atomic E-state index is 6.63. The fourth-order valence-electron chi connectivity index (χ4n) is 3.10. The summed E-state index contributed by atoms with van der Waals surface area (Å²) < 4.78 is 1.86. The molecule has 128 valence electrons. The lowest BCUT2D eigenvalue weighted by Gasteiger charge is -2.08. The molecule has 4 rings (SSSR count). The van der Waals surface area contributed by atoms with E-state index in [0.29, 0.717) is 11.7 Å². The molecule has 0 spiro atoms. The number of nitrogens with zero attached hydrogens (tertiary/aromatic N) is 3. The standard InChI is InChI=1S/C22H18ClN3/c1-16-20(13-12-19-10-4-5-14-24-19)22(23)26(25-16)15-18-9-6-8-17-7-2-3-11-21(17)18/h2-14H,15H2,1H3/b13-12+. The van der Waals surface area contributed by atoms with Gasteiger partial charge in [-0.05, 0) is 47.5 Å². The van der Waals surface area contributed by atoms with Crippen LogP contribution in [0.1, 0.15) is 22.5 Å². The third-order valence-corrected chi connectivity index (χ3v) is 4.82. The van der Waals surface area contributed by atoms with Gasteiger partial charge in [0.1, 0.15) is 5.15 Å². The molecule has 4 aromatic rings. The van der Waals surface area contributed by atoms with Gasteiger partial charge in [-0.1, -0.05) is 60.1 Å². The lowest BCUT2D eigenvalue weighted by Crippen LogP contribution is -2.02. The van der Waals surface area contributed by atoms with Gasteiger partial charge in [0, 0.05) is 11.8 Å². The minimum atomic E-state index is 0.637. The zero-order chi connectivity index (χ0) is 17.9.